The molecule has 7 aromatic rings. The number of hydrogen-bond donors (Lipinski definition) is 0. The first kappa shape index (κ1) is 29.2. The Morgan fingerprint density at radius 3 is 2.07 bits per heavy atom. The standard InChI is InChI=1S/C41H38N2OS/c1-40(2,3)25-26-13-15-33-27(21-26)14-16-34-35-18-20-43-37(39(35)45-38(33)34)29-10-8-12-32(23-29)44-31-11-7-9-28(22-31)36-24-30(17-19-42-36)41(4,5)6/h7-24H,25H2,1-6H3. The maximum atomic E-state index is 6.42. The van der Waals surface area contributed by atoms with Crippen LogP contribution in [0.25, 0.3) is 53.5 Å². The van der Waals surface area contributed by atoms with E-state index in [-0.39, 0.29) is 10.8 Å². The van der Waals surface area contributed by atoms with Gasteiger partial charge in [0.2, 0.25) is 0 Å². The van der Waals surface area contributed by atoms with Crippen LogP contribution in [0.3, 0.4) is 0 Å². The molecule has 0 fully saturated rings. The van der Waals surface area contributed by atoms with Crippen LogP contribution >= 0.6 is 11.3 Å². The summed E-state index contributed by atoms with van der Waals surface area (Å²) in [5.74, 6) is 1.55. The van der Waals surface area contributed by atoms with E-state index in [0.717, 1.165) is 40.4 Å². The third-order valence-corrected chi connectivity index (χ3v) is 9.53. The molecule has 0 bridgehead atoms. The van der Waals surface area contributed by atoms with Crippen molar-refractivity contribution >= 4 is 42.3 Å². The molecule has 0 amide bonds. The van der Waals surface area contributed by atoms with Crippen molar-refractivity contribution in [3.63, 3.8) is 0 Å². The SMILES string of the molecule is CC(C)(C)Cc1ccc2c(ccc3c4ccnc(-c5cccc(Oc6cccc(-c7cc(C(C)(C)C)ccn7)c6)c5)c4sc23)c1. The number of thiophene rings is 1. The first-order valence-electron chi connectivity index (χ1n) is 15.6. The minimum atomic E-state index is 0.0558. The monoisotopic (exact) mass is 606 g/mol. The Labute approximate surface area is 269 Å². The summed E-state index contributed by atoms with van der Waals surface area (Å²) >= 11 is 1.83. The minimum Gasteiger partial charge on any atom is -0.457 e. The fraction of sp³-hybridized carbons (Fsp3) is 0.220. The lowest BCUT2D eigenvalue weighted by Crippen LogP contribution is -2.11. The molecule has 224 valence electrons. The Kier molecular flexibility index (Phi) is 7.21. The van der Waals surface area contributed by atoms with Crippen molar-refractivity contribution in [1.82, 2.24) is 9.97 Å². The highest BCUT2D eigenvalue weighted by molar-refractivity contribution is 7.27. The molecule has 0 N–H and O–H groups in total. The van der Waals surface area contributed by atoms with E-state index < -0.39 is 0 Å². The summed E-state index contributed by atoms with van der Waals surface area (Å²) in [6.45, 7) is 13.5. The van der Waals surface area contributed by atoms with Crippen molar-refractivity contribution in [2.24, 2.45) is 5.41 Å². The summed E-state index contributed by atoms with van der Waals surface area (Å²) in [5.41, 5.74) is 6.95. The number of nitrogens with zero attached hydrogens (tertiary/aromatic N) is 2. The first-order valence-corrected chi connectivity index (χ1v) is 16.4. The van der Waals surface area contributed by atoms with Gasteiger partial charge < -0.3 is 4.74 Å². The summed E-state index contributed by atoms with van der Waals surface area (Å²) in [6, 6.07) is 34.3. The van der Waals surface area contributed by atoms with Crippen molar-refractivity contribution < 1.29 is 4.74 Å². The van der Waals surface area contributed by atoms with E-state index in [4.69, 9.17) is 9.72 Å². The molecule has 0 saturated heterocycles. The molecule has 3 nitrogen and oxygen atoms in total. The average molecular weight is 607 g/mol. The van der Waals surface area contributed by atoms with Crippen LogP contribution in [0.15, 0.2) is 109 Å². The highest BCUT2D eigenvalue weighted by Crippen LogP contribution is 2.43. The molecule has 0 aliphatic heterocycles. The van der Waals surface area contributed by atoms with E-state index in [1.807, 2.05) is 48.0 Å². The second-order valence-electron chi connectivity index (χ2n) is 14.2. The van der Waals surface area contributed by atoms with Gasteiger partial charge in [-0.25, -0.2) is 0 Å². The van der Waals surface area contributed by atoms with Crippen LogP contribution in [0.5, 0.6) is 11.5 Å². The second-order valence-corrected chi connectivity index (χ2v) is 15.2. The van der Waals surface area contributed by atoms with E-state index in [2.05, 4.69) is 119 Å². The molecular formula is C41H38N2OS. The van der Waals surface area contributed by atoms with Crippen molar-refractivity contribution in [3.8, 4) is 34.0 Å². The number of benzene rings is 4. The number of pyridine rings is 2. The van der Waals surface area contributed by atoms with Gasteiger partial charge in [0.05, 0.1) is 16.1 Å². The molecule has 4 heteroatoms. The van der Waals surface area contributed by atoms with E-state index in [9.17, 15) is 0 Å². The predicted octanol–water partition coefficient (Wildman–Crippen LogP) is 12.0. The van der Waals surface area contributed by atoms with Gasteiger partial charge in [0, 0.05) is 39.0 Å². The lowest BCUT2D eigenvalue weighted by atomic mass is 9.87. The first-order chi connectivity index (χ1) is 21.5. The molecule has 0 spiro atoms. The molecule has 0 atom stereocenters. The molecule has 4 aromatic carbocycles. The van der Waals surface area contributed by atoms with Crippen molar-refractivity contribution in [2.45, 2.75) is 53.4 Å². The van der Waals surface area contributed by atoms with Crippen molar-refractivity contribution in [3.05, 3.63) is 121 Å². The Morgan fingerprint density at radius 2 is 1.31 bits per heavy atom. The fourth-order valence-electron chi connectivity index (χ4n) is 6.08. The molecule has 45 heavy (non-hydrogen) atoms. The molecule has 3 heterocycles. The van der Waals surface area contributed by atoms with Gasteiger partial charge in [0.25, 0.3) is 0 Å². The van der Waals surface area contributed by atoms with E-state index in [1.54, 1.807) is 0 Å². The zero-order chi connectivity index (χ0) is 31.3. The Morgan fingerprint density at radius 1 is 0.622 bits per heavy atom. The summed E-state index contributed by atoms with van der Waals surface area (Å²) in [5, 5.41) is 5.12. The van der Waals surface area contributed by atoms with Crippen molar-refractivity contribution in [1.29, 1.82) is 0 Å². The third-order valence-electron chi connectivity index (χ3n) is 8.27. The molecule has 7 rings (SSSR count). The van der Waals surface area contributed by atoms with E-state index >= 15 is 0 Å². The number of ether oxygens (including phenoxy) is 1. The minimum absolute atomic E-state index is 0.0558. The van der Waals surface area contributed by atoms with Gasteiger partial charge in [-0.2, -0.15) is 0 Å². The highest BCUT2D eigenvalue weighted by Gasteiger charge is 2.17. The lowest BCUT2D eigenvalue weighted by molar-refractivity contribution is 0.411. The average Bonchev–Trinajstić information content (AvgIpc) is 3.39. The summed E-state index contributed by atoms with van der Waals surface area (Å²) in [7, 11) is 0. The Hall–Kier alpha value is -4.54. The van der Waals surface area contributed by atoms with Crippen LogP contribution in [0.1, 0.15) is 52.7 Å². The number of rotatable bonds is 5. The molecule has 0 unspecified atom stereocenters. The van der Waals surface area contributed by atoms with Gasteiger partial charge in [-0.05, 0) is 81.6 Å². The third kappa shape index (κ3) is 5.95. The molecule has 0 aliphatic rings. The zero-order valence-electron chi connectivity index (χ0n) is 26.8. The van der Waals surface area contributed by atoms with Gasteiger partial charge in [0.15, 0.2) is 0 Å². The van der Waals surface area contributed by atoms with Crippen LogP contribution in [-0.4, -0.2) is 9.97 Å². The molecular weight excluding hydrogens is 569 g/mol. The quantitative estimate of drug-likeness (QED) is 0.195. The second kappa shape index (κ2) is 11.1. The zero-order valence-corrected chi connectivity index (χ0v) is 27.6. The predicted molar refractivity (Wildman–Crippen MR) is 192 cm³/mol. The van der Waals surface area contributed by atoms with Gasteiger partial charge in [0.1, 0.15) is 11.5 Å². The largest absolute Gasteiger partial charge is 0.457 e. The molecule has 0 saturated carbocycles. The topological polar surface area (TPSA) is 35.0 Å². The normalized spacial score (nSPS) is 12.3. The molecule has 0 aliphatic carbocycles. The fourth-order valence-corrected chi connectivity index (χ4v) is 7.43. The lowest BCUT2D eigenvalue weighted by Gasteiger charge is -2.19. The van der Waals surface area contributed by atoms with Crippen LogP contribution in [-0.2, 0) is 11.8 Å². The highest BCUT2D eigenvalue weighted by atomic mass is 32.1. The number of fused-ring (bicyclic) bond motifs is 5. The van der Waals surface area contributed by atoms with Gasteiger partial charge in [-0.3, -0.25) is 9.97 Å². The van der Waals surface area contributed by atoms with E-state index in [0.29, 0.717) is 0 Å². The van der Waals surface area contributed by atoms with Crippen LogP contribution in [0.4, 0.5) is 0 Å². The molecule has 0 radical (unpaired) electrons. The van der Waals surface area contributed by atoms with Crippen molar-refractivity contribution in [2.75, 3.05) is 0 Å². The van der Waals surface area contributed by atoms with E-state index in [1.165, 1.54) is 42.1 Å². The van der Waals surface area contributed by atoms with Crippen LogP contribution < -0.4 is 4.74 Å². The number of aromatic nitrogens is 2. The van der Waals surface area contributed by atoms with Crippen LogP contribution in [0.2, 0.25) is 0 Å². The van der Waals surface area contributed by atoms with Gasteiger partial charge in [-0.15, -0.1) is 11.3 Å². The Balaban J connectivity index is 1.23. The summed E-state index contributed by atoms with van der Waals surface area (Å²) < 4.78 is 8.93. The number of hydrogen-bond acceptors (Lipinski definition) is 4. The molecule has 3 aromatic heterocycles. The summed E-state index contributed by atoms with van der Waals surface area (Å²) in [4.78, 5) is 9.53. The van der Waals surface area contributed by atoms with Crippen LogP contribution in [0, 0.1) is 5.41 Å². The smallest absolute Gasteiger partial charge is 0.128 e. The van der Waals surface area contributed by atoms with Gasteiger partial charge >= 0.3 is 0 Å². The van der Waals surface area contributed by atoms with Gasteiger partial charge in [-0.1, -0.05) is 96.1 Å². The maximum Gasteiger partial charge on any atom is 0.128 e. The summed E-state index contributed by atoms with van der Waals surface area (Å²) in [6.07, 6.45) is 4.88. The Bertz CT molecular complexity index is 2200. The maximum absolute atomic E-state index is 6.42.